The quantitative estimate of drug-likeness (QED) is 0.179. The molecule has 2 heterocycles. The molecule has 1 atom stereocenters. The fraction of sp³-hybridized carbons (Fsp3) is 0.0189. The Balaban J connectivity index is 1.19. The maximum Gasteiger partial charge on any atom is 0.132 e. The molecule has 10 aromatic rings. The number of para-hydroxylation sites is 2. The van der Waals surface area contributed by atoms with Gasteiger partial charge in [-0.15, -0.1) is 11.3 Å². The van der Waals surface area contributed by atoms with E-state index in [2.05, 4.69) is 205 Å². The second-order valence-electron chi connectivity index (χ2n) is 14.8. The van der Waals surface area contributed by atoms with Crippen LogP contribution in [0.25, 0.3) is 53.2 Å². The van der Waals surface area contributed by atoms with Crippen LogP contribution in [0.2, 0.25) is 0 Å². The number of rotatable bonds is 4. The number of fused-ring (bicyclic) bond motifs is 14. The zero-order valence-corrected chi connectivity index (χ0v) is 31.1. The van der Waals surface area contributed by atoms with Crippen LogP contribution >= 0.6 is 11.3 Å². The van der Waals surface area contributed by atoms with Gasteiger partial charge >= 0.3 is 0 Å². The molecule has 262 valence electrons. The van der Waals surface area contributed by atoms with Gasteiger partial charge < -0.3 is 9.64 Å². The highest BCUT2D eigenvalue weighted by atomic mass is 32.1. The molecule has 1 aliphatic heterocycles. The molecule has 1 aromatic heterocycles. The number of anilines is 3. The predicted octanol–water partition coefficient (Wildman–Crippen LogP) is 14.8. The van der Waals surface area contributed by atoms with Gasteiger partial charge in [0, 0.05) is 48.2 Å². The molecule has 1 aliphatic carbocycles. The molecule has 0 saturated heterocycles. The summed E-state index contributed by atoms with van der Waals surface area (Å²) < 4.78 is 9.43. The van der Waals surface area contributed by atoms with Crippen LogP contribution in [-0.2, 0) is 5.41 Å². The topological polar surface area (TPSA) is 12.5 Å². The van der Waals surface area contributed by atoms with E-state index in [0.29, 0.717) is 0 Å². The maximum atomic E-state index is 6.84. The first-order valence-corrected chi connectivity index (χ1v) is 20.0. The molecule has 3 heteroatoms. The van der Waals surface area contributed by atoms with Gasteiger partial charge in [-0.25, -0.2) is 0 Å². The number of benzene rings is 9. The van der Waals surface area contributed by atoms with Gasteiger partial charge in [0.1, 0.15) is 11.5 Å². The highest BCUT2D eigenvalue weighted by molar-refractivity contribution is 7.25. The zero-order valence-electron chi connectivity index (χ0n) is 30.3. The molecule has 0 radical (unpaired) electrons. The van der Waals surface area contributed by atoms with Crippen LogP contribution in [0.4, 0.5) is 17.1 Å². The molecule has 0 saturated carbocycles. The Morgan fingerprint density at radius 3 is 1.98 bits per heavy atom. The van der Waals surface area contributed by atoms with E-state index in [-0.39, 0.29) is 0 Å². The normalized spacial score (nSPS) is 15.0. The fourth-order valence-corrected chi connectivity index (χ4v) is 10.7. The summed E-state index contributed by atoms with van der Waals surface area (Å²) in [6.07, 6.45) is 0. The maximum absolute atomic E-state index is 6.84. The van der Waals surface area contributed by atoms with E-state index in [1.807, 2.05) is 11.3 Å². The number of thiophene rings is 1. The van der Waals surface area contributed by atoms with Crippen molar-refractivity contribution in [2.45, 2.75) is 5.41 Å². The fourth-order valence-electron chi connectivity index (χ4n) is 9.62. The van der Waals surface area contributed by atoms with E-state index in [0.717, 1.165) is 34.1 Å². The Bertz CT molecular complexity index is 3200. The number of ether oxygens (including phenoxy) is 1. The van der Waals surface area contributed by atoms with Crippen molar-refractivity contribution in [3.63, 3.8) is 0 Å². The molecule has 0 N–H and O–H groups in total. The van der Waals surface area contributed by atoms with Gasteiger partial charge in [-0.05, 0) is 93.2 Å². The molecule has 1 unspecified atom stereocenters. The van der Waals surface area contributed by atoms with Gasteiger partial charge in [0.15, 0.2) is 0 Å². The molecule has 2 nitrogen and oxygen atoms in total. The number of nitrogens with zero attached hydrogens (tertiary/aromatic N) is 1. The first-order valence-electron chi connectivity index (χ1n) is 19.2. The van der Waals surface area contributed by atoms with Crippen LogP contribution in [0.3, 0.4) is 0 Å². The first-order chi connectivity index (χ1) is 27.8. The minimum atomic E-state index is -0.620. The lowest BCUT2D eigenvalue weighted by Gasteiger charge is -2.40. The van der Waals surface area contributed by atoms with Gasteiger partial charge in [0.2, 0.25) is 0 Å². The average molecular weight is 732 g/mol. The smallest absolute Gasteiger partial charge is 0.132 e. The second kappa shape index (κ2) is 12.0. The summed E-state index contributed by atoms with van der Waals surface area (Å²) in [6.45, 7) is 0. The summed E-state index contributed by atoms with van der Waals surface area (Å²) in [6, 6.07) is 73.3. The average Bonchev–Trinajstić information content (AvgIpc) is 3.77. The summed E-state index contributed by atoms with van der Waals surface area (Å²) in [4.78, 5) is 2.47. The highest BCUT2D eigenvalue weighted by Crippen LogP contribution is 2.64. The molecule has 12 rings (SSSR count). The summed E-state index contributed by atoms with van der Waals surface area (Å²) in [5, 5.41) is 4.96. The van der Waals surface area contributed by atoms with E-state index < -0.39 is 5.41 Å². The Labute approximate surface area is 329 Å². The summed E-state index contributed by atoms with van der Waals surface area (Å²) in [5.41, 5.74) is 12.5. The third-order valence-electron chi connectivity index (χ3n) is 11.9. The minimum absolute atomic E-state index is 0.620. The minimum Gasteiger partial charge on any atom is -0.457 e. The lowest BCUT2D eigenvalue weighted by atomic mass is 9.65. The van der Waals surface area contributed by atoms with Gasteiger partial charge in [-0.2, -0.15) is 0 Å². The summed E-state index contributed by atoms with van der Waals surface area (Å²) >= 11 is 1.86. The van der Waals surface area contributed by atoms with Crippen molar-refractivity contribution < 1.29 is 4.74 Å². The zero-order chi connectivity index (χ0) is 36.8. The molecule has 9 aromatic carbocycles. The lowest BCUT2D eigenvalue weighted by molar-refractivity contribution is 0.438. The molecule has 2 aliphatic rings. The third-order valence-corrected chi connectivity index (χ3v) is 13.1. The van der Waals surface area contributed by atoms with Crippen LogP contribution < -0.4 is 9.64 Å². The van der Waals surface area contributed by atoms with Crippen molar-refractivity contribution in [2.75, 3.05) is 4.90 Å². The summed E-state index contributed by atoms with van der Waals surface area (Å²) in [5.74, 6) is 1.79. The molecule has 0 amide bonds. The Kier molecular flexibility index (Phi) is 6.75. The Hall–Kier alpha value is -6.94. The third kappa shape index (κ3) is 4.38. The Morgan fingerprint density at radius 1 is 0.411 bits per heavy atom. The van der Waals surface area contributed by atoms with Gasteiger partial charge in [0.05, 0.1) is 11.1 Å². The number of hydrogen-bond acceptors (Lipinski definition) is 3. The monoisotopic (exact) mass is 731 g/mol. The first kappa shape index (κ1) is 31.4. The van der Waals surface area contributed by atoms with Gasteiger partial charge in [-0.3, -0.25) is 0 Å². The second-order valence-corrected chi connectivity index (χ2v) is 15.9. The van der Waals surface area contributed by atoms with Crippen molar-refractivity contribution in [1.29, 1.82) is 0 Å². The van der Waals surface area contributed by atoms with Crippen molar-refractivity contribution in [3.8, 4) is 33.8 Å². The van der Waals surface area contributed by atoms with Gasteiger partial charge in [0.25, 0.3) is 0 Å². The molecule has 1 spiro atoms. The van der Waals surface area contributed by atoms with Crippen LogP contribution in [0.1, 0.15) is 22.3 Å². The SMILES string of the molecule is c1ccc(-c2ccccc2N(c2ccc3c(c2)C2(c4ccccc4Oc4ccc5ccccc5c42)c2ccccc2-3)c2ccc3sc4ccccc4c3c2)cc1. The molecule has 0 bridgehead atoms. The Morgan fingerprint density at radius 2 is 1.07 bits per heavy atom. The van der Waals surface area contributed by atoms with Crippen LogP contribution in [-0.4, -0.2) is 0 Å². The van der Waals surface area contributed by atoms with Crippen LogP contribution in [0, 0.1) is 0 Å². The standard InChI is InChI=1S/C53H33NOS/c1-2-14-34(15-3-1)38-17-7-11-23-47(38)54(36-28-31-51-43(32-36)42-20-8-13-25-50(42)56-51)37-27-29-41-40-19-6-9-21-44(40)53(46(41)33-37)45-22-10-12-24-48(45)55-49-30-26-35-16-4-5-18-39(35)52(49)53/h1-33H. The molecule has 56 heavy (non-hydrogen) atoms. The van der Waals surface area contributed by atoms with Crippen molar-refractivity contribution in [3.05, 3.63) is 222 Å². The van der Waals surface area contributed by atoms with Gasteiger partial charge in [-0.1, -0.05) is 146 Å². The number of hydrogen-bond donors (Lipinski definition) is 0. The van der Waals surface area contributed by atoms with E-state index in [4.69, 9.17) is 4.74 Å². The molecular formula is C53H33NOS. The van der Waals surface area contributed by atoms with Crippen LogP contribution in [0.5, 0.6) is 11.5 Å². The van der Waals surface area contributed by atoms with E-state index in [1.54, 1.807) is 0 Å². The summed E-state index contributed by atoms with van der Waals surface area (Å²) in [7, 11) is 0. The van der Waals surface area contributed by atoms with E-state index in [9.17, 15) is 0 Å². The largest absolute Gasteiger partial charge is 0.457 e. The van der Waals surface area contributed by atoms with Crippen molar-refractivity contribution in [1.82, 2.24) is 0 Å². The van der Waals surface area contributed by atoms with Crippen LogP contribution in [0.15, 0.2) is 200 Å². The van der Waals surface area contributed by atoms with Crippen molar-refractivity contribution in [2.24, 2.45) is 0 Å². The molecular weight excluding hydrogens is 699 g/mol. The van der Waals surface area contributed by atoms with E-state index in [1.165, 1.54) is 69.9 Å². The lowest BCUT2D eigenvalue weighted by Crippen LogP contribution is -2.32. The highest BCUT2D eigenvalue weighted by Gasteiger charge is 2.52. The predicted molar refractivity (Wildman–Crippen MR) is 234 cm³/mol. The molecule has 0 fully saturated rings. The van der Waals surface area contributed by atoms with E-state index >= 15 is 0 Å². The van der Waals surface area contributed by atoms with Crippen molar-refractivity contribution >= 4 is 59.3 Å².